The summed E-state index contributed by atoms with van der Waals surface area (Å²) in [6.45, 7) is 4.13. The summed E-state index contributed by atoms with van der Waals surface area (Å²) >= 11 is 0. The minimum Gasteiger partial charge on any atom is -0.321 e. The van der Waals surface area contributed by atoms with E-state index < -0.39 is 5.54 Å². The van der Waals surface area contributed by atoms with Crippen LogP contribution in [0.15, 0.2) is 24.3 Å². The molecule has 2 rings (SSSR count). The van der Waals surface area contributed by atoms with E-state index in [1.165, 1.54) is 10.4 Å². The van der Waals surface area contributed by atoms with Crippen LogP contribution in [0.2, 0.25) is 0 Å². The number of aryl methyl sites for hydroxylation is 2. The van der Waals surface area contributed by atoms with Crippen molar-refractivity contribution in [3.8, 4) is 0 Å². The second-order valence-electron chi connectivity index (χ2n) is 4.84. The van der Waals surface area contributed by atoms with Gasteiger partial charge in [0.1, 0.15) is 0 Å². The maximum Gasteiger partial charge on any atom is 0.176 e. The summed E-state index contributed by atoms with van der Waals surface area (Å²) in [5, 5.41) is 12.0. The van der Waals surface area contributed by atoms with Crippen molar-refractivity contribution in [1.82, 2.24) is 20.2 Å². The zero-order chi connectivity index (χ0) is 13.2. The third kappa shape index (κ3) is 2.73. The molecule has 0 aliphatic carbocycles. The van der Waals surface area contributed by atoms with Crippen molar-refractivity contribution in [2.24, 2.45) is 12.8 Å². The summed E-state index contributed by atoms with van der Waals surface area (Å²) in [5.41, 5.74) is 8.28. The number of nitrogens with two attached hydrogens (primary N) is 1. The number of nitrogens with zero attached hydrogens (tertiary/aromatic N) is 4. The maximum absolute atomic E-state index is 6.35. The van der Waals surface area contributed by atoms with E-state index in [2.05, 4.69) is 46.6 Å². The van der Waals surface area contributed by atoms with Gasteiger partial charge in [0, 0.05) is 12.0 Å². The molecule has 0 amide bonds. The molecule has 0 radical (unpaired) electrons. The molecule has 5 heteroatoms. The van der Waals surface area contributed by atoms with Crippen LogP contribution in [-0.2, 0) is 25.4 Å². The zero-order valence-electron chi connectivity index (χ0n) is 11.1. The van der Waals surface area contributed by atoms with Crippen LogP contribution in [0.5, 0.6) is 0 Å². The first-order valence-electron chi connectivity index (χ1n) is 6.12. The van der Waals surface area contributed by atoms with Crippen molar-refractivity contribution in [2.45, 2.75) is 32.2 Å². The molecule has 0 saturated heterocycles. The first-order valence-corrected chi connectivity index (χ1v) is 6.12. The van der Waals surface area contributed by atoms with E-state index in [1.807, 2.05) is 6.92 Å². The van der Waals surface area contributed by atoms with Crippen molar-refractivity contribution in [3.63, 3.8) is 0 Å². The molecule has 0 saturated carbocycles. The highest BCUT2D eigenvalue weighted by atomic mass is 15.6. The van der Waals surface area contributed by atoms with Gasteiger partial charge in [-0.05, 0) is 29.7 Å². The predicted octanol–water partition coefficient (Wildman–Crippen LogP) is 1.19. The Morgan fingerprint density at radius 1 is 1.28 bits per heavy atom. The maximum atomic E-state index is 6.35. The smallest absolute Gasteiger partial charge is 0.176 e. The van der Waals surface area contributed by atoms with E-state index in [1.54, 1.807) is 7.05 Å². The van der Waals surface area contributed by atoms with Crippen molar-refractivity contribution < 1.29 is 0 Å². The molecule has 0 fully saturated rings. The molecule has 0 bridgehead atoms. The number of hydrogen-bond donors (Lipinski definition) is 1. The average Bonchev–Trinajstić information content (AvgIpc) is 2.74. The minimum atomic E-state index is -0.477. The first-order chi connectivity index (χ1) is 8.51. The monoisotopic (exact) mass is 245 g/mol. The van der Waals surface area contributed by atoms with Gasteiger partial charge >= 0.3 is 0 Å². The molecule has 0 spiro atoms. The largest absolute Gasteiger partial charge is 0.321 e. The van der Waals surface area contributed by atoms with Crippen LogP contribution in [0.4, 0.5) is 0 Å². The minimum absolute atomic E-state index is 0.477. The molecule has 18 heavy (non-hydrogen) atoms. The molecule has 5 nitrogen and oxygen atoms in total. The molecule has 0 aliphatic rings. The van der Waals surface area contributed by atoms with Crippen LogP contribution in [0.3, 0.4) is 0 Å². The van der Waals surface area contributed by atoms with Crippen LogP contribution in [-0.4, -0.2) is 20.2 Å². The first kappa shape index (κ1) is 12.7. The molecule has 0 aliphatic heterocycles. The summed E-state index contributed by atoms with van der Waals surface area (Å²) in [7, 11) is 1.75. The van der Waals surface area contributed by atoms with Gasteiger partial charge in [-0.3, -0.25) is 0 Å². The topological polar surface area (TPSA) is 69.6 Å². The van der Waals surface area contributed by atoms with Gasteiger partial charge < -0.3 is 5.73 Å². The lowest BCUT2D eigenvalue weighted by atomic mass is 9.89. The van der Waals surface area contributed by atoms with E-state index in [4.69, 9.17) is 5.73 Å². The summed E-state index contributed by atoms with van der Waals surface area (Å²) < 4.78 is 0. The Morgan fingerprint density at radius 2 is 1.94 bits per heavy atom. The fraction of sp³-hybridized carbons (Fsp3) is 0.462. The Balaban J connectivity index is 2.18. The fourth-order valence-electron chi connectivity index (χ4n) is 1.95. The highest BCUT2D eigenvalue weighted by Gasteiger charge is 2.23. The van der Waals surface area contributed by atoms with Crippen molar-refractivity contribution >= 4 is 0 Å². The van der Waals surface area contributed by atoms with Gasteiger partial charge in [0.25, 0.3) is 0 Å². The molecule has 1 unspecified atom stereocenters. The molecule has 1 atom stereocenters. The number of rotatable bonds is 4. The van der Waals surface area contributed by atoms with Gasteiger partial charge in [0.05, 0.1) is 7.05 Å². The molecule has 1 heterocycles. The van der Waals surface area contributed by atoms with E-state index in [9.17, 15) is 0 Å². The van der Waals surface area contributed by atoms with E-state index >= 15 is 0 Å². The Kier molecular flexibility index (Phi) is 3.43. The zero-order valence-corrected chi connectivity index (χ0v) is 11.1. The lowest BCUT2D eigenvalue weighted by molar-refractivity contribution is 0.476. The van der Waals surface area contributed by atoms with Gasteiger partial charge in [-0.2, -0.15) is 4.80 Å². The number of tetrazole rings is 1. The highest BCUT2D eigenvalue weighted by molar-refractivity contribution is 5.28. The van der Waals surface area contributed by atoms with E-state index in [-0.39, 0.29) is 0 Å². The molecule has 96 valence electrons. The normalized spacial score (nSPS) is 14.4. The lowest BCUT2D eigenvalue weighted by Crippen LogP contribution is -2.35. The van der Waals surface area contributed by atoms with Gasteiger partial charge in [-0.25, -0.2) is 0 Å². The van der Waals surface area contributed by atoms with Crippen LogP contribution < -0.4 is 5.73 Å². The lowest BCUT2D eigenvalue weighted by Gasteiger charge is -2.23. The van der Waals surface area contributed by atoms with E-state index in [0.29, 0.717) is 12.2 Å². The Bertz CT molecular complexity index is 512. The van der Waals surface area contributed by atoms with E-state index in [0.717, 1.165) is 12.0 Å². The van der Waals surface area contributed by atoms with Gasteiger partial charge in [-0.15, -0.1) is 10.2 Å². The molecular weight excluding hydrogens is 226 g/mol. The standard InChI is InChI=1S/C13H19N5/c1-4-10-5-7-11(8-6-10)13(2,14)9-12-15-17-18(3)16-12/h5-8H,4,9,14H2,1-3H3. The second-order valence-corrected chi connectivity index (χ2v) is 4.84. The predicted molar refractivity (Wildman–Crippen MR) is 69.9 cm³/mol. The molecule has 2 N–H and O–H groups in total. The molecule has 1 aromatic carbocycles. The third-order valence-electron chi connectivity index (χ3n) is 3.10. The SMILES string of the molecule is CCc1ccc(C(C)(N)Cc2nnn(C)n2)cc1. The summed E-state index contributed by atoms with van der Waals surface area (Å²) in [6, 6.07) is 8.39. The van der Waals surface area contributed by atoms with Gasteiger partial charge in [-0.1, -0.05) is 31.2 Å². The average molecular weight is 245 g/mol. The van der Waals surface area contributed by atoms with Crippen LogP contribution in [0, 0.1) is 0 Å². The second kappa shape index (κ2) is 4.86. The summed E-state index contributed by atoms with van der Waals surface area (Å²) in [5.74, 6) is 0.669. The van der Waals surface area contributed by atoms with Crippen molar-refractivity contribution in [2.75, 3.05) is 0 Å². The van der Waals surface area contributed by atoms with Crippen LogP contribution in [0.25, 0.3) is 0 Å². The van der Waals surface area contributed by atoms with Crippen molar-refractivity contribution in [1.29, 1.82) is 0 Å². The van der Waals surface area contributed by atoms with Crippen LogP contribution in [0.1, 0.15) is 30.8 Å². The summed E-state index contributed by atoms with van der Waals surface area (Å²) in [6.07, 6.45) is 1.61. The molecular formula is C13H19N5. The number of benzene rings is 1. The van der Waals surface area contributed by atoms with Crippen molar-refractivity contribution in [3.05, 3.63) is 41.2 Å². The number of aromatic nitrogens is 4. The van der Waals surface area contributed by atoms with Gasteiger partial charge in [0.15, 0.2) is 5.82 Å². The van der Waals surface area contributed by atoms with Gasteiger partial charge in [0.2, 0.25) is 0 Å². The van der Waals surface area contributed by atoms with Crippen LogP contribution >= 0.6 is 0 Å². The number of hydrogen-bond acceptors (Lipinski definition) is 4. The Morgan fingerprint density at radius 3 is 2.44 bits per heavy atom. The molecule has 1 aromatic heterocycles. The fourth-order valence-corrected chi connectivity index (χ4v) is 1.95. The quantitative estimate of drug-likeness (QED) is 0.878. The Hall–Kier alpha value is -1.75. The summed E-state index contributed by atoms with van der Waals surface area (Å²) in [4.78, 5) is 1.45. The molecule has 2 aromatic rings. The Labute approximate surface area is 107 Å². The third-order valence-corrected chi connectivity index (χ3v) is 3.10. The highest BCUT2D eigenvalue weighted by Crippen LogP contribution is 2.21.